The van der Waals surface area contributed by atoms with Gasteiger partial charge in [-0.05, 0) is 31.5 Å². The van der Waals surface area contributed by atoms with Crippen molar-refractivity contribution >= 4 is 11.6 Å². The average Bonchev–Trinajstić information content (AvgIpc) is 2.23. The molecule has 0 heterocycles. The fourth-order valence-corrected chi connectivity index (χ4v) is 2.01. The van der Waals surface area contributed by atoms with Crippen molar-refractivity contribution in [1.82, 2.24) is 5.32 Å². The van der Waals surface area contributed by atoms with Crippen LogP contribution in [-0.4, -0.2) is 23.3 Å². The zero-order chi connectivity index (χ0) is 13.8. The summed E-state index contributed by atoms with van der Waals surface area (Å²) in [7, 11) is 0. The van der Waals surface area contributed by atoms with Gasteiger partial charge < -0.3 is 10.4 Å². The van der Waals surface area contributed by atoms with E-state index in [2.05, 4.69) is 19.2 Å². The average molecular weight is 274 g/mol. The van der Waals surface area contributed by atoms with E-state index in [-0.39, 0.29) is 5.02 Å². The highest BCUT2D eigenvalue weighted by atomic mass is 35.5. The van der Waals surface area contributed by atoms with Gasteiger partial charge in [0.15, 0.2) is 0 Å². The maximum Gasteiger partial charge on any atom is 0.142 e. The van der Waals surface area contributed by atoms with Crippen molar-refractivity contribution in [2.75, 3.05) is 6.54 Å². The van der Waals surface area contributed by atoms with Crippen LogP contribution in [-0.2, 0) is 6.42 Å². The SMILES string of the molecule is CC(C)NCCC(C)(O)Cc1cccc(F)c1Cl. The molecule has 4 heteroatoms. The van der Waals surface area contributed by atoms with Gasteiger partial charge in [0, 0.05) is 12.5 Å². The lowest BCUT2D eigenvalue weighted by Crippen LogP contribution is -2.34. The molecule has 0 spiro atoms. The first-order chi connectivity index (χ1) is 8.32. The minimum atomic E-state index is -0.890. The van der Waals surface area contributed by atoms with Crippen molar-refractivity contribution in [3.05, 3.63) is 34.6 Å². The summed E-state index contributed by atoms with van der Waals surface area (Å²) < 4.78 is 13.3. The van der Waals surface area contributed by atoms with Crippen LogP contribution >= 0.6 is 11.6 Å². The first-order valence-corrected chi connectivity index (χ1v) is 6.58. The molecule has 0 aliphatic rings. The lowest BCUT2D eigenvalue weighted by atomic mass is 9.93. The number of hydrogen-bond acceptors (Lipinski definition) is 2. The molecular weight excluding hydrogens is 253 g/mol. The van der Waals surface area contributed by atoms with Gasteiger partial charge in [0.2, 0.25) is 0 Å². The van der Waals surface area contributed by atoms with Crippen LogP contribution in [0.3, 0.4) is 0 Å². The van der Waals surface area contributed by atoms with E-state index in [0.717, 1.165) is 6.54 Å². The standard InChI is InChI=1S/C14H21ClFNO/c1-10(2)17-8-7-14(3,18)9-11-5-4-6-12(16)13(11)15/h4-6,10,17-18H,7-9H2,1-3H3. The molecule has 2 nitrogen and oxygen atoms in total. The number of aliphatic hydroxyl groups is 1. The number of nitrogens with one attached hydrogen (secondary N) is 1. The Balaban J connectivity index is 2.61. The molecule has 1 unspecified atom stereocenters. The Bertz CT molecular complexity index is 393. The highest BCUT2D eigenvalue weighted by Gasteiger charge is 2.22. The minimum absolute atomic E-state index is 0.106. The molecule has 0 aliphatic carbocycles. The van der Waals surface area contributed by atoms with Gasteiger partial charge >= 0.3 is 0 Å². The molecule has 18 heavy (non-hydrogen) atoms. The normalized spacial score (nSPS) is 14.8. The van der Waals surface area contributed by atoms with Crippen molar-refractivity contribution in [3.63, 3.8) is 0 Å². The molecule has 1 aromatic rings. The molecule has 102 valence electrons. The molecule has 0 aliphatic heterocycles. The van der Waals surface area contributed by atoms with Gasteiger partial charge in [0.25, 0.3) is 0 Å². The lowest BCUT2D eigenvalue weighted by molar-refractivity contribution is 0.0510. The van der Waals surface area contributed by atoms with Gasteiger partial charge in [-0.15, -0.1) is 0 Å². The fourth-order valence-electron chi connectivity index (χ4n) is 1.81. The Hall–Kier alpha value is -0.640. The lowest BCUT2D eigenvalue weighted by Gasteiger charge is -2.24. The Morgan fingerprint density at radius 1 is 1.44 bits per heavy atom. The third kappa shape index (κ3) is 4.92. The zero-order valence-electron chi connectivity index (χ0n) is 11.1. The summed E-state index contributed by atoms with van der Waals surface area (Å²) in [6.07, 6.45) is 0.946. The summed E-state index contributed by atoms with van der Waals surface area (Å²) in [5.41, 5.74) is -0.245. The number of hydrogen-bond donors (Lipinski definition) is 2. The predicted octanol–water partition coefficient (Wildman–Crippen LogP) is 3.16. The second-order valence-corrected chi connectivity index (χ2v) is 5.62. The first kappa shape index (κ1) is 15.4. The Morgan fingerprint density at radius 2 is 2.11 bits per heavy atom. The van der Waals surface area contributed by atoms with Crippen molar-refractivity contribution in [3.8, 4) is 0 Å². The van der Waals surface area contributed by atoms with E-state index in [1.807, 2.05) is 0 Å². The molecular formula is C14H21ClFNO. The summed E-state index contributed by atoms with van der Waals surface area (Å²) in [4.78, 5) is 0. The monoisotopic (exact) mass is 273 g/mol. The highest BCUT2D eigenvalue weighted by Crippen LogP contribution is 2.25. The van der Waals surface area contributed by atoms with Gasteiger partial charge in [0.1, 0.15) is 5.82 Å². The van der Waals surface area contributed by atoms with E-state index in [0.29, 0.717) is 24.4 Å². The minimum Gasteiger partial charge on any atom is -0.390 e. The molecule has 0 bridgehead atoms. The second-order valence-electron chi connectivity index (χ2n) is 5.25. The Labute approximate surface area is 113 Å². The molecule has 0 radical (unpaired) electrons. The number of halogens is 2. The van der Waals surface area contributed by atoms with Crippen LogP contribution in [0.1, 0.15) is 32.8 Å². The third-order valence-corrected chi connectivity index (χ3v) is 3.24. The van der Waals surface area contributed by atoms with E-state index in [1.54, 1.807) is 19.1 Å². The molecule has 1 rings (SSSR count). The molecule has 0 fully saturated rings. The maximum absolute atomic E-state index is 13.3. The van der Waals surface area contributed by atoms with Crippen molar-refractivity contribution in [2.45, 2.75) is 45.3 Å². The third-order valence-electron chi connectivity index (χ3n) is 2.82. The van der Waals surface area contributed by atoms with Crippen LogP contribution in [0.4, 0.5) is 4.39 Å². The van der Waals surface area contributed by atoms with E-state index >= 15 is 0 Å². The van der Waals surface area contributed by atoms with Crippen LogP contribution in [0.2, 0.25) is 5.02 Å². The summed E-state index contributed by atoms with van der Waals surface area (Å²) in [5.74, 6) is -0.440. The van der Waals surface area contributed by atoms with Crippen molar-refractivity contribution < 1.29 is 9.50 Å². The highest BCUT2D eigenvalue weighted by molar-refractivity contribution is 6.31. The Morgan fingerprint density at radius 3 is 2.72 bits per heavy atom. The first-order valence-electron chi connectivity index (χ1n) is 6.20. The van der Waals surface area contributed by atoms with Gasteiger partial charge in [0.05, 0.1) is 10.6 Å². The van der Waals surface area contributed by atoms with Crippen molar-refractivity contribution in [1.29, 1.82) is 0 Å². The topological polar surface area (TPSA) is 32.3 Å². The largest absolute Gasteiger partial charge is 0.390 e. The molecule has 1 aromatic carbocycles. The van der Waals surface area contributed by atoms with E-state index in [4.69, 9.17) is 11.6 Å². The number of benzene rings is 1. The zero-order valence-corrected chi connectivity index (χ0v) is 11.9. The van der Waals surface area contributed by atoms with E-state index < -0.39 is 11.4 Å². The van der Waals surface area contributed by atoms with Gasteiger partial charge in [-0.2, -0.15) is 0 Å². The van der Waals surface area contributed by atoms with E-state index in [9.17, 15) is 9.50 Å². The van der Waals surface area contributed by atoms with E-state index in [1.165, 1.54) is 6.07 Å². The van der Waals surface area contributed by atoms with Crippen LogP contribution in [0.5, 0.6) is 0 Å². The molecule has 0 amide bonds. The number of rotatable bonds is 6. The van der Waals surface area contributed by atoms with Gasteiger partial charge in [-0.3, -0.25) is 0 Å². The molecule has 0 saturated heterocycles. The van der Waals surface area contributed by atoms with Crippen LogP contribution in [0, 0.1) is 5.82 Å². The summed E-state index contributed by atoms with van der Waals surface area (Å²) in [6, 6.07) is 5.06. The van der Waals surface area contributed by atoms with Crippen LogP contribution in [0.15, 0.2) is 18.2 Å². The molecule has 0 saturated carbocycles. The van der Waals surface area contributed by atoms with Crippen LogP contribution < -0.4 is 5.32 Å². The predicted molar refractivity (Wildman–Crippen MR) is 73.5 cm³/mol. The molecule has 2 N–H and O–H groups in total. The molecule has 0 aromatic heterocycles. The maximum atomic E-state index is 13.3. The van der Waals surface area contributed by atoms with Crippen molar-refractivity contribution in [2.24, 2.45) is 0 Å². The Kier molecular flexibility index (Phi) is 5.57. The summed E-state index contributed by atoms with van der Waals surface area (Å²) >= 11 is 5.88. The second kappa shape index (κ2) is 6.50. The summed E-state index contributed by atoms with van der Waals surface area (Å²) in [5, 5.41) is 13.6. The fraction of sp³-hybridized carbons (Fsp3) is 0.571. The van der Waals surface area contributed by atoms with Crippen LogP contribution in [0.25, 0.3) is 0 Å². The summed E-state index contributed by atoms with van der Waals surface area (Å²) in [6.45, 7) is 6.57. The molecule has 1 atom stereocenters. The quantitative estimate of drug-likeness (QED) is 0.834. The smallest absolute Gasteiger partial charge is 0.142 e. The van der Waals surface area contributed by atoms with Gasteiger partial charge in [-0.25, -0.2) is 4.39 Å². The van der Waals surface area contributed by atoms with Gasteiger partial charge in [-0.1, -0.05) is 37.6 Å².